The van der Waals surface area contributed by atoms with Crippen LogP contribution in [0.2, 0.25) is 5.02 Å². The number of nitro benzene ring substituents is 1. The standard InChI is InChI=1S/C18H16ClN3O4/c1-2-18(13-5-7-14(19)8-6-13)16(23)21(17(24)20-18)11-12-3-9-15(10-4-12)22(25)26/h3-10H,2,11H2,1H3,(H,20,24)/t18-/m1/s1. The Morgan fingerprint density at radius 2 is 1.73 bits per heavy atom. The fourth-order valence-electron chi connectivity index (χ4n) is 3.05. The number of nitro groups is 1. The van der Waals surface area contributed by atoms with E-state index in [1.165, 1.54) is 24.3 Å². The van der Waals surface area contributed by atoms with Gasteiger partial charge in [-0.25, -0.2) is 4.79 Å². The van der Waals surface area contributed by atoms with Crippen LogP contribution < -0.4 is 5.32 Å². The van der Waals surface area contributed by atoms with E-state index < -0.39 is 16.5 Å². The number of benzene rings is 2. The summed E-state index contributed by atoms with van der Waals surface area (Å²) in [6, 6.07) is 12.1. The topological polar surface area (TPSA) is 92.6 Å². The first-order valence-corrected chi connectivity index (χ1v) is 8.38. The lowest BCUT2D eigenvalue weighted by molar-refractivity contribution is -0.384. The number of carbonyl (C=O) groups excluding carboxylic acids is 2. The number of urea groups is 1. The molecule has 0 aliphatic carbocycles. The van der Waals surface area contributed by atoms with Gasteiger partial charge in [-0.15, -0.1) is 0 Å². The largest absolute Gasteiger partial charge is 0.325 e. The van der Waals surface area contributed by atoms with Crippen LogP contribution in [0.5, 0.6) is 0 Å². The Labute approximate surface area is 154 Å². The highest BCUT2D eigenvalue weighted by Crippen LogP contribution is 2.33. The van der Waals surface area contributed by atoms with Gasteiger partial charge in [0.1, 0.15) is 5.54 Å². The molecule has 0 aromatic heterocycles. The third kappa shape index (κ3) is 3.01. The second kappa shape index (κ2) is 6.76. The molecule has 1 aliphatic rings. The Balaban J connectivity index is 1.88. The van der Waals surface area contributed by atoms with Gasteiger partial charge in [0.25, 0.3) is 11.6 Å². The van der Waals surface area contributed by atoms with Crippen molar-refractivity contribution in [2.45, 2.75) is 25.4 Å². The first-order valence-electron chi connectivity index (χ1n) is 8.01. The molecule has 0 unspecified atom stereocenters. The van der Waals surface area contributed by atoms with Gasteiger partial charge in [0.2, 0.25) is 0 Å². The molecule has 0 saturated carbocycles. The van der Waals surface area contributed by atoms with Gasteiger partial charge in [0.15, 0.2) is 0 Å². The summed E-state index contributed by atoms with van der Waals surface area (Å²) in [5.41, 5.74) is 0.105. The van der Waals surface area contributed by atoms with Crippen molar-refractivity contribution in [2.75, 3.05) is 0 Å². The highest BCUT2D eigenvalue weighted by molar-refractivity contribution is 6.30. The highest BCUT2D eigenvalue weighted by atomic mass is 35.5. The average Bonchev–Trinajstić information content (AvgIpc) is 2.88. The third-order valence-corrected chi connectivity index (χ3v) is 4.78. The highest BCUT2D eigenvalue weighted by Gasteiger charge is 2.51. The van der Waals surface area contributed by atoms with E-state index in [4.69, 9.17) is 11.6 Å². The summed E-state index contributed by atoms with van der Waals surface area (Å²) < 4.78 is 0. The van der Waals surface area contributed by atoms with Crippen LogP contribution >= 0.6 is 11.6 Å². The molecule has 0 radical (unpaired) electrons. The molecule has 8 heteroatoms. The van der Waals surface area contributed by atoms with Gasteiger partial charge in [-0.1, -0.05) is 42.8 Å². The molecule has 1 saturated heterocycles. The van der Waals surface area contributed by atoms with Crippen molar-refractivity contribution >= 4 is 29.2 Å². The summed E-state index contributed by atoms with van der Waals surface area (Å²) in [7, 11) is 0. The van der Waals surface area contributed by atoms with Crippen LogP contribution in [0.4, 0.5) is 10.5 Å². The SMILES string of the molecule is CC[C@]1(c2ccc(Cl)cc2)NC(=O)N(Cc2ccc([N+](=O)[O-])cc2)C1=O. The fourth-order valence-corrected chi connectivity index (χ4v) is 3.18. The van der Waals surface area contributed by atoms with E-state index in [9.17, 15) is 19.7 Å². The summed E-state index contributed by atoms with van der Waals surface area (Å²) in [4.78, 5) is 36.8. The van der Waals surface area contributed by atoms with Gasteiger partial charge in [0.05, 0.1) is 11.5 Å². The van der Waals surface area contributed by atoms with E-state index in [1.807, 2.05) is 6.92 Å². The predicted octanol–water partition coefficient (Wildman–Crippen LogP) is 3.61. The molecule has 134 valence electrons. The number of halogens is 1. The normalized spacial score (nSPS) is 19.5. The van der Waals surface area contributed by atoms with Crippen molar-refractivity contribution in [3.63, 3.8) is 0 Å². The molecular formula is C18H16ClN3O4. The number of rotatable bonds is 5. The molecule has 0 bridgehead atoms. The van der Waals surface area contributed by atoms with E-state index >= 15 is 0 Å². The molecule has 1 aliphatic heterocycles. The molecule has 1 fully saturated rings. The minimum Gasteiger partial charge on any atom is -0.319 e. The van der Waals surface area contributed by atoms with Crippen molar-refractivity contribution in [3.8, 4) is 0 Å². The van der Waals surface area contributed by atoms with Gasteiger partial charge in [-0.05, 0) is 29.7 Å². The van der Waals surface area contributed by atoms with Crippen LogP contribution in [0, 0.1) is 10.1 Å². The Kier molecular flexibility index (Phi) is 4.65. The predicted molar refractivity (Wildman–Crippen MR) is 95.6 cm³/mol. The zero-order valence-corrected chi connectivity index (χ0v) is 14.7. The number of nitrogens with zero attached hydrogens (tertiary/aromatic N) is 2. The molecule has 2 aromatic carbocycles. The van der Waals surface area contributed by atoms with Crippen LogP contribution in [0.1, 0.15) is 24.5 Å². The molecule has 7 nitrogen and oxygen atoms in total. The number of imide groups is 1. The van der Waals surface area contributed by atoms with Crippen molar-refractivity contribution in [1.29, 1.82) is 0 Å². The Morgan fingerprint density at radius 1 is 1.12 bits per heavy atom. The fraction of sp³-hybridized carbons (Fsp3) is 0.222. The minimum atomic E-state index is -1.14. The van der Waals surface area contributed by atoms with Crippen LogP contribution in [-0.2, 0) is 16.9 Å². The quantitative estimate of drug-likeness (QED) is 0.492. The number of amides is 3. The average molecular weight is 374 g/mol. The van der Waals surface area contributed by atoms with Crippen LogP contribution in [0.15, 0.2) is 48.5 Å². The molecule has 26 heavy (non-hydrogen) atoms. The Hall–Kier alpha value is -2.93. The summed E-state index contributed by atoms with van der Waals surface area (Å²) in [5, 5.41) is 14.1. The molecule has 3 rings (SSSR count). The van der Waals surface area contributed by atoms with E-state index in [0.717, 1.165) is 4.90 Å². The number of nitrogens with one attached hydrogen (secondary N) is 1. The molecule has 3 amide bonds. The number of hydrogen-bond donors (Lipinski definition) is 1. The van der Waals surface area contributed by atoms with Gasteiger partial charge < -0.3 is 5.32 Å². The first-order chi connectivity index (χ1) is 12.4. The number of hydrogen-bond acceptors (Lipinski definition) is 4. The molecular weight excluding hydrogens is 358 g/mol. The summed E-state index contributed by atoms with van der Waals surface area (Å²) >= 11 is 5.91. The van der Waals surface area contributed by atoms with Crippen molar-refractivity contribution in [2.24, 2.45) is 0 Å². The monoisotopic (exact) mass is 373 g/mol. The lowest BCUT2D eigenvalue weighted by atomic mass is 9.87. The summed E-state index contributed by atoms with van der Waals surface area (Å²) in [6.45, 7) is 1.86. The second-order valence-corrected chi connectivity index (χ2v) is 6.45. The smallest absolute Gasteiger partial charge is 0.319 e. The Bertz CT molecular complexity index is 867. The Morgan fingerprint density at radius 3 is 2.27 bits per heavy atom. The first kappa shape index (κ1) is 17.9. The number of non-ortho nitro benzene ring substituents is 1. The van der Waals surface area contributed by atoms with Gasteiger partial charge in [0, 0.05) is 17.2 Å². The van der Waals surface area contributed by atoms with Crippen LogP contribution in [0.3, 0.4) is 0 Å². The lowest BCUT2D eigenvalue weighted by Crippen LogP contribution is -2.43. The van der Waals surface area contributed by atoms with Crippen LogP contribution in [0.25, 0.3) is 0 Å². The molecule has 1 atom stereocenters. The van der Waals surface area contributed by atoms with E-state index in [1.54, 1.807) is 24.3 Å². The van der Waals surface area contributed by atoms with Gasteiger partial charge >= 0.3 is 6.03 Å². The molecule has 0 spiro atoms. The molecule has 1 N–H and O–H groups in total. The van der Waals surface area contributed by atoms with E-state index in [2.05, 4.69) is 5.32 Å². The van der Waals surface area contributed by atoms with Crippen molar-refractivity contribution in [3.05, 3.63) is 74.8 Å². The van der Waals surface area contributed by atoms with E-state index in [0.29, 0.717) is 22.6 Å². The molecule has 1 heterocycles. The molecule has 2 aromatic rings. The van der Waals surface area contributed by atoms with Gasteiger partial charge in [-0.2, -0.15) is 0 Å². The summed E-state index contributed by atoms with van der Waals surface area (Å²) in [6.07, 6.45) is 0.385. The lowest BCUT2D eigenvalue weighted by Gasteiger charge is -2.25. The van der Waals surface area contributed by atoms with Crippen molar-refractivity contribution in [1.82, 2.24) is 10.2 Å². The zero-order chi connectivity index (χ0) is 18.9. The third-order valence-electron chi connectivity index (χ3n) is 4.53. The zero-order valence-electron chi connectivity index (χ0n) is 13.9. The van der Waals surface area contributed by atoms with Crippen molar-refractivity contribution < 1.29 is 14.5 Å². The summed E-state index contributed by atoms with van der Waals surface area (Å²) in [5.74, 6) is -0.356. The van der Waals surface area contributed by atoms with Crippen LogP contribution in [-0.4, -0.2) is 21.8 Å². The number of carbonyl (C=O) groups is 2. The maximum absolute atomic E-state index is 13.0. The van der Waals surface area contributed by atoms with E-state index in [-0.39, 0.29) is 18.1 Å². The second-order valence-electron chi connectivity index (χ2n) is 6.01. The minimum absolute atomic E-state index is 0.0397. The maximum atomic E-state index is 13.0. The van der Waals surface area contributed by atoms with Gasteiger partial charge in [-0.3, -0.25) is 19.8 Å². The maximum Gasteiger partial charge on any atom is 0.325 e.